The van der Waals surface area contributed by atoms with E-state index in [4.69, 9.17) is 4.74 Å². The van der Waals surface area contributed by atoms with Crippen molar-refractivity contribution in [2.75, 3.05) is 13.7 Å². The number of ether oxygens (including phenoxy) is 1. The van der Waals surface area contributed by atoms with Crippen molar-refractivity contribution in [3.8, 4) is 16.9 Å². The summed E-state index contributed by atoms with van der Waals surface area (Å²) >= 11 is 0. The largest absolute Gasteiger partial charge is 0.497 e. The van der Waals surface area contributed by atoms with E-state index in [0.29, 0.717) is 12.1 Å². The highest BCUT2D eigenvalue weighted by atomic mass is 16.5. The van der Waals surface area contributed by atoms with Crippen LogP contribution in [0.15, 0.2) is 48.5 Å². The molecule has 3 heteroatoms. The summed E-state index contributed by atoms with van der Waals surface area (Å²) in [5.74, 6) is 0.779. The van der Waals surface area contributed by atoms with E-state index in [-0.39, 0.29) is 11.3 Å². The van der Waals surface area contributed by atoms with E-state index in [1.54, 1.807) is 7.11 Å². The van der Waals surface area contributed by atoms with Gasteiger partial charge in [-0.15, -0.1) is 0 Å². The standard InChI is InChI=1S/C20H25NO2/c1-20(2,3)11-12-21-19(22)17-9-5-7-15(13-17)16-8-6-10-18(14-16)23-4/h5-10,13-14H,11-12H2,1-4H3,(H,21,22). The number of rotatable bonds is 5. The van der Waals surface area contributed by atoms with Crippen LogP contribution in [0.3, 0.4) is 0 Å². The smallest absolute Gasteiger partial charge is 0.251 e. The number of benzene rings is 2. The number of amides is 1. The first-order valence-corrected chi connectivity index (χ1v) is 7.92. The van der Waals surface area contributed by atoms with Gasteiger partial charge < -0.3 is 10.1 Å². The molecule has 2 aromatic rings. The Bertz CT molecular complexity index is 671. The van der Waals surface area contributed by atoms with Gasteiger partial charge in [-0.1, -0.05) is 45.0 Å². The molecule has 0 aliphatic rings. The molecule has 0 saturated heterocycles. The van der Waals surface area contributed by atoms with Crippen LogP contribution >= 0.6 is 0 Å². The molecule has 0 aliphatic carbocycles. The van der Waals surface area contributed by atoms with E-state index < -0.39 is 0 Å². The molecule has 0 saturated carbocycles. The molecule has 2 aromatic carbocycles. The minimum atomic E-state index is -0.0287. The van der Waals surface area contributed by atoms with Crippen LogP contribution in [0.5, 0.6) is 5.75 Å². The Morgan fingerprint density at radius 2 is 1.70 bits per heavy atom. The van der Waals surface area contributed by atoms with E-state index in [1.807, 2.05) is 48.5 Å². The van der Waals surface area contributed by atoms with Crippen molar-refractivity contribution in [1.29, 1.82) is 0 Å². The minimum Gasteiger partial charge on any atom is -0.497 e. The fourth-order valence-electron chi connectivity index (χ4n) is 2.30. The molecule has 0 bridgehead atoms. The Labute approximate surface area is 138 Å². The predicted octanol–water partition coefficient (Wildman–Crippen LogP) is 4.53. The summed E-state index contributed by atoms with van der Waals surface area (Å²) in [7, 11) is 1.65. The highest BCUT2D eigenvalue weighted by molar-refractivity contribution is 5.95. The highest BCUT2D eigenvalue weighted by Crippen LogP contribution is 2.24. The molecule has 0 atom stereocenters. The van der Waals surface area contributed by atoms with Crippen molar-refractivity contribution in [1.82, 2.24) is 5.32 Å². The summed E-state index contributed by atoms with van der Waals surface area (Å²) in [4.78, 5) is 12.3. The zero-order valence-corrected chi connectivity index (χ0v) is 14.3. The van der Waals surface area contributed by atoms with Gasteiger partial charge in [-0.2, -0.15) is 0 Å². The fourth-order valence-corrected chi connectivity index (χ4v) is 2.30. The van der Waals surface area contributed by atoms with Gasteiger partial charge in [0.25, 0.3) is 5.91 Å². The predicted molar refractivity (Wildman–Crippen MR) is 94.8 cm³/mol. The van der Waals surface area contributed by atoms with Crippen molar-refractivity contribution >= 4 is 5.91 Å². The second kappa shape index (κ2) is 7.32. The Kier molecular flexibility index (Phi) is 5.43. The van der Waals surface area contributed by atoms with Crippen molar-refractivity contribution in [2.24, 2.45) is 5.41 Å². The number of hydrogen-bond acceptors (Lipinski definition) is 2. The molecule has 0 spiro atoms. The van der Waals surface area contributed by atoms with Gasteiger partial charge in [0.2, 0.25) is 0 Å². The second-order valence-corrected chi connectivity index (χ2v) is 6.88. The lowest BCUT2D eigenvalue weighted by atomic mass is 9.92. The van der Waals surface area contributed by atoms with Crippen LogP contribution in [0.4, 0.5) is 0 Å². The van der Waals surface area contributed by atoms with Gasteiger partial charge in [0, 0.05) is 12.1 Å². The van der Waals surface area contributed by atoms with Crippen LogP contribution in [0.1, 0.15) is 37.6 Å². The molecular weight excluding hydrogens is 286 g/mol. The third kappa shape index (κ3) is 5.13. The zero-order valence-electron chi connectivity index (χ0n) is 14.3. The van der Waals surface area contributed by atoms with E-state index >= 15 is 0 Å². The molecule has 2 rings (SSSR count). The first-order valence-electron chi connectivity index (χ1n) is 7.92. The van der Waals surface area contributed by atoms with Gasteiger partial charge in [-0.05, 0) is 47.2 Å². The number of carbonyl (C=O) groups excluding carboxylic acids is 1. The third-order valence-electron chi connectivity index (χ3n) is 3.69. The molecule has 23 heavy (non-hydrogen) atoms. The topological polar surface area (TPSA) is 38.3 Å². The van der Waals surface area contributed by atoms with Gasteiger partial charge >= 0.3 is 0 Å². The van der Waals surface area contributed by atoms with Crippen LogP contribution in [-0.4, -0.2) is 19.6 Å². The maximum atomic E-state index is 12.3. The highest BCUT2D eigenvalue weighted by Gasteiger charge is 2.12. The monoisotopic (exact) mass is 311 g/mol. The van der Waals surface area contributed by atoms with Crippen LogP contribution in [0.25, 0.3) is 11.1 Å². The zero-order chi connectivity index (χ0) is 16.9. The Hall–Kier alpha value is -2.29. The summed E-state index contributed by atoms with van der Waals surface area (Å²) in [5.41, 5.74) is 2.94. The van der Waals surface area contributed by atoms with Gasteiger partial charge in [0.05, 0.1) is 7.11 Å². The minimum absolute atomic E-state index is 0.0287. The SMILES string of the molecule is COc1cccc(-c2cccc(C(=O)NCCC(C)(C)C)c2)c1. The van der Waals surface area contributed by atoms with E-state index in [0.717, 1.165) is 23.3 Å². The average molecular weight is 311 g/mol. The van der Waals surface area contributed by atoms with E-state index in [1.165, 1.54) is 0 Å². The van der Waals surface area contributed by atoms with Crippen LogP contribution in [-0.2, 0) is 0 Å². The van der Waals surface area contributed by atoms with Crippen LogP contribution in [0.2, 0.25) is 0 Å². The maximum Gasteiger partial charge on any atom is 0.251 e. The molecular formula is C20H25NO2. The molecule has 0 heterocycles. The Morgan fingerprint density at radius 3 is 2.35 bits per heavy atom. The van der Waals surface area contributed by atoms with E-state index in [9.17, 15) is 4.79 Å². The molecule has 1 N–H and O–H groups in total. The summed E-state index contributed by atoms with van der Waals surface area (Å²) in [5, 5.41) is 2.99. The van der Waals surface area contributed by atoms with Gasteiger partial charge in [0.1, 0.15) is 5.75 Å². The quantitative estimate of drug-likeness (QED) is 0.881. The first kappa shape index (κ1) is 17.1. The van der Waals surface area contributed by atoms with Gasteiger partial charge in [-0.25, -0.2) is 0 Å². The molecule has 0 radical (unpaired) electrons. The van der Waals surface area contributed by atoms with Crippen LogP contribution in [0, 0.1) is 5.41 Å². The molecule has 0 aliphatic heterocycles. The molecule has 3 nitrogen and oxygen atoms in total. The maximum absolute atomic E-state index is 12.3. The Morgan fingerprint density at radius 1 is 1.04 bits per heavy atom. The summed E-state index contributed by atoms with van der Waals surface area (Å²) in [6.45, 7) is 7.19. The van der Waals surface area contributed by atoms with Crippen molar-refractivity contribution < 1.29 is 9.53 Å². The average Bonchev–Trinajstić information content (AvgIpc) is 2.54. The van der Waals surface area contributed by atoms with Crippen molar-refractivity contribution in [2.45, 2.75) is 27.2 Å². The second-order valence-electron chi connectivity index (χ2n) is 6.88. The van der Waals surface area contributed by atoms with Crippen molar-refractivity contribution in [3.63, 3.8) is 0 Å². The lowest BCUT2D eigenvalue weighted by molar-refractivity contribution is 0.0949. The summed E-state index contributed by atoms with van der Waals surface area (Å²) < 4.78 is 5.26. The lowest BCUT2D eigenvalue weighted by Crippen LogP contribution is -2.27. The summed E-state index contributed by atoms with van der Waals surface area (Å²) in [6.07, 6.45) is 0.953. The van der Waals surface area contributed by atoms with Crippen molar-refractivity contribution in [3.05, 3.63) is 54.1 Å². The van der Waals surface area contributed by atoms with Crippen LogP contribution < -0.4 is 10.1 Å². The summed E-state index contributed by atoms with van der Waals surface area (Å²) in [6, 6.07) is 15.5. The molecule has 1 amide bonds. The first-order chi connectivity index (χ1) is 10.9. The molecule has 122 valence electrons. The lowest BCUT2D eigenvalue weighted by Gasteiger charge is -2.18. The molecule has 0 fully saturated rings. The van der Waals surface area contributed by atoms with E-state index in [2.05, 4.69) is 26.1 Å². The van der Waals surface area contributed by atoms with Gasteiger partial charge in [0.15, 0.2) is 0 Å². The fraction of sp³-hybridized carbons (Fsp3) is 0.350. The number of nitrogens with one attached hydrogen (secondary N) is 1. The Balaban J connectivity index is 2.11. The number of carbonyl (C=O) groups is 1. The van der Waals surface area contributed by atoms with Gasteiger partial charge in [-0.3, -0.25) is 4.79 Å². The third-order valence-corrected chi connectivity index (χ3v) is 3.69. The molecule has 0 aromatic heterocycles. The number of methoxy groups -OCH3 is 1. The number of hydrogen-bond donors (Lipinski definition) is 1. The normalized spacial score (nSPS) is 11.1. The molecule has 0 unspecified atom stereocenters.